The monoisotopic (exact) mass is 1830 g/mol. The Bertz CT molecular complexity index is 3810. The van der Waals surface area contributed by atoms with Crippen LogP contribution in [0.25, 0.3) is 0 Å². The first-order chi connectivity index (χ1) is 59.6. The maximum absolute atomic E-state index is 16.4. The summed E-state index contributed by atoms with van der Waals surface area (Å²) in [5, 5.41) is 246. The van der Waals surface area contributed by atoms with Crippen molar-refractivity contribution in [2.75, 3.05) is 33.0 Å². The molecule has 0 spiro atoms. The Morgan fingerprint density at radius 3 is 1.45 bits per heavy atom. The Kier molecular flexibility index (Phi) is 29.8. The molecule has 22 N–H and O–H groups in total. The molecule has 0 aromatic carbocycles. The summed E-state index contributed by atoms with van der Waals surface area (Å²) in [5.74, 6) is -5.34. The van der Waals surface area contributed by atoms with Crippen molar-refractivity contribution in [3.05, 3.63) is 11.6 Å². The highest BCUT2D eigenvalue weighted by Crippen LogP contribution is 2.76. The van der Waals surface area contributed by atoms with E-state index in [1.54, 1.807) is 6.92 Å². The van der Waals surface area contributed by atoms with Gasteiger partial charge in [-0.05, 0) is 118 Å². The van der Waals surface area contributed by atoms with Crippen LogP contribution in [0, 0.1) is 50.2 Å². The standard InChI is InChI=1S/C82H128O45/c1-27-57(119-70-55(104)60(36(89)25-112-70)121-67-48(97)42(91)33(86)22-109-67)47(96)52(101)71(113-27)125-64-53(102)58(120-73-56(105)62(59(29(3)114-73)116-30(4)85)123-69-50(99)44(93)35(88)24-111-69)28(2)115-74(64)127-76(108)82-18-17-77(5,6)19-32(82)31-11-12-39-78(7)15-14-41(79(8,26-84)38(78)13-16-80(39,9)81(31,10)20-40(82)90)118-75-65(126-72-51(100)46(95)45(94)37(21-83)117-72)61(54(103)63(124-75)66(106)107)122-68-49(98)43(92)34(87)23-110-68/h11,26-29,32-65,67-75,83,86-105H,12-25H2,1-10H3,(H,106,107)/t27-,28+,29+,32-,33+,34+,35+,36+,37+,38+,39+,40+,41-,42-,43-,44-,45-,46-,47-,48+,49+,50+,51+,52+,53-,54-,55+,56+,57-,58-,59+,60-,61-,62+,63-,64+,65+,67-,68-,69-,70-,71-,72-,73-,74-,75+,78-,79-,80+,81+,82+/m0/s1. The fraction of sp³-hybridized carbons (Fsp3) is 0.927. The lowest BCUT2D eigenvalue weighted by Crippen LogP contribution is -2.69. The quantitative estimate of drug-likeness (QED) is 0.0207. The number of hydrogen-bond acceptors (Lipinski definition) is 44. The van der Waals surface area contributed by atoms with Crippen LogP contribution in [0.3, 0.4) is 0 Å². The Hall–Kier alpha value is -3.70. The zero-order valence-electron chi connectivity index (χ0n) is 71.8. The number of carboxylic acid groups (broad SMARTS) is 1. The van der Waals surface area contributed by atoms with Gasteiger partial charge in [0, 0.05) is 6.92 Å². The average Bonchev–Trinajstić information content (AvgIpc) is 0.668. The number of aliphatic hydroxyl groups excluding tert-OH is 21. The van der Waals surface area contributed by atoms with Gasteiger partial charge in [-0.3, -0.25) is 9.59 Å². The number of esters is 2. The van der Waals surface area contributed by atoms with Crippen LogP contribution in [-0.2, 0) is 109 Å². The first kappa shape index (κ1) is 99.3. The summed E-state index contributed by atoms with van der Waals surface area (Å²) >= 11 is 0. The van der Waals surface area contributed by atoms with Crippen molar-refractivity contribution in [2.24, 2.45) is 50.2 Å². The number of allylic oxidation sites excluding steroid dienone is 2. The largest absolute Gasteiger partial charge is 0.479 e. The van der Waals surface area contributed by atoms with E-state index in [9.17, 15) is 127 Å². The highest BCUT2D eigenvalue weighted by atomic mass is 16.8. The molecule has 9 saturated heterocycles. The molecule has 127 heavy (non-hydrogen) atoms. The Balaban J connectivity index is 0.743. The van der Waals surface area contributed by atoms with Gasteiger partial charge in [-0.15, -0.1) is 0 Å². The SMILES string of the molecule is CC(=O)O[C@H]1[C@H](O[C@@H]2OC[C@@H](O)[C@H](O)[C@H]2O)[C@@H](O)[C@H](O[C@@H]2[C@H](O)[C@@H](O[C@@H]3O[C@@H](C)[C@H](O[C@@H]4OC[C@@H](O)[C@H](O[C@@H]5OC[C@@H](O)[C@H](O)[C@H]5O)[C@H]4O)[C@@H](O)[C@H]3O)[C@H](OC(=O)[C@]34CCC(C)(C)C[C@H]3C3=CC[C@@H]5[C@@]6(C)CC[C@H](O[C@@H]7O[C@H](C(=O)O)[C@@H](O)[C@H](O[C@@H]8OC[C@@H](O)[C@H](O)[C@H]8O)[C@H]7O[C@@H]7O[C@H](CO)[C@H](O)[C@H](O)[C@H]7O)[C@@](C)(C=O)[C@@H]6CC[C@@]5(C)[C@]3(C)C[C@H]4O)O[C@@H]2C)O[C@@H]1C. The number of carboxylic acids is 1. The van der Waals surface area contributed by atoms with E-state index in [1.807, 2.05) is 13.8 Å². The smallest absolute Gasteiger partial charge is 0.335 e. The molecular formula is C82H128O45. The number of ether oxygens (including phenoxy) is 19. The predicted molar refractivity (Wildman–Crippen MR) is 410 cm³/mol. The molecule has 0 amide bonds. The predicted octanol–water partition coefficient (Wildman–Crippen LogP) is -8.46. The van der Waals surface area contributed by atoms with E-state index in [2.05, 4.69) is 26.8 Å². The Morgan fingerprint density at radius 2 is 0.890 bits per heavy atom. The van der Waals surface area contributed by atoms with Gasteiger partial charge in [0.15, 0.2) is 68.6 Å². The van der Waals surface area contributed by atoms with Gasteiger partial charge in [-0.2, -0.15) is 0 Å². The fourth-order valence-electron chi connectivity index (χ4n) is 23.0. The fourth-order valence-corrected chi connectivity index (χ4v) is 23.0. The molecule has 0 bridgehead atoms. The van der Waals surface area contributed by atoms with Crippen molar-refractivity contribution in [1.82, 2.24) is 0 Å². The number of hydrogen-bond donors (Lipinski definition) is 22. The Labute approximate surface area is 729 Å². The third-order valence-corrected chi connectivity index (χ3v) is 30.5. The lowest BCUT2D eigenvalue weighted by Gasteiger charge is -2.71. The van der Waals surface area contributed by atoms with Crippen molar-refractivity contribution in [3.8, 4) is 0 Å². The maximum atomic E-state index is 16.4. The molecule has 0 radical (unpaired) electrons. The lowest BCUT2D eigenvalue weighted by atomic mass is 9.33. The maximum Gasteiger partial charge on any atom is 0.335 e. The van der Waals surface area contributed by atoms with E-state index in [-0.39, 0.29) is 25.2 Å². The minimum Gasteiger partial charge on any atom is -0.479 e. The van der Waals surface area contributed by atoms with E-state index in [0.29, 0.717) is 38.5 Å². The number of fused-ring (bicyclic) bond motifs is 7. The molecule has 5 aliphatic carbocycles. The van der Waals surface area contributed by atoms with Crippen LogP contribution in [0.1, 0.15) is 127 Å². The third kappa shape index (κ3) is 17.9. The van der Waals surface area contributed by atoms with Crippen LogP contribution in [0.4, 0.5) is 0 Å². The van der Waals surface area contributed by atoms with Gasteiger partial charge in [-0.1, -0.05) is 53.2 Å². The first-order valence-corrected chi connectivity index (χ1v) is 43.6. The molecule has 14 rings (SSSR count). The van der Waals surface area contributed by atoms with Gasteiger partial charge in [0.1, 0.15) is 170 Å². The van der Waals surface area contributed by atoms with Crippen molar-refractivity contribution in [2.45, 2.75) is 391 Å². The molecule has 726 valence electrons. The Morgan fingerprint density at radius 1 is 0.425 bits per heavy atom. The summed E-state index contributed by atoms with van der Waals surface area (Å²) in [6.07, 6.45) is -73.6. The molecule has 4 saturated carbocycles. The number of carbonyl (C=O) groups is 4. The summed E-state index contributed by atoms with van der Waals surface area (Å²) in [6, 6.07) is 0. The molecular weight excluding hydrogens is 1700 g/mol. The van der Waals surface area contributed by atoms with Crippen LogP contribution in [0.5, 0.6) is 0 Å². The average molecular weight is 1830 g/mol. The van der Waals surface area contributed by atoms with Crippen molar-refractivity contribution in [3.63, 3.8) is 0 Å². The van der Waals surface area contributed by atoms with Crippen LogP contribution < -0.4 is 0 Å². The highest BCUT2D eigenvalue weighted by Gasteiger charge is 2.74. The summed E-state index contributed by atoms with van der Waals surface area (Å²) in [5.41, 5.74) is -5.51. The molecule has 45 heteroatoms. The molecule has 9 aliphatic heterocycles. The molecule has 51 atom stereocenters. The highest BCUT2D eigenvalue weighted by molar-refractivity contribution is 5.80. The summed E-state index contributed by atoms with van der Waals surface area (Å²) in [6.45, 7) is 14.0. The molecule has 0 aromatic rings. The molecule has 13 fully saturated rings. The number of carbonyl (C=O) groups excluding carboxylic acids is 3. The normalized spacial score (nSPS) is 54.3. The van der Waals surface area contributed by atoms with Crippen molar-refractivity contribution >= 4 is 24.2 Å². The summed E-state index contributed by atoms with van der Waals surface area (Å²) < 4.78 is 115. The molecule has 45 nitrogen and oxygen atoms in total. The van der Waals surface area contributed by atoms with E-state index in [4.69, 9.17) is 90.0 Å². The molecule has 9 heterocycles. The number of aldehydes is 1. The van der Waals surface area contributed by atoms with E-state index in [0.717, 1.165) is 18.8 Å². The van der Waals surface area contributed by atoms with Gasteiger partial charge in [-0.25, -0.2) is 4.79 Å². The molecule has 14 aliphatic rings. The zero-order valence-corrected chi connectivity index (χ0v) is 71.8. The van der Waals surface area contributed by atoms with Crippen LogP contribution in [0.15, 0.2) is 11.6 Å². The van der Waals surface area contributed by atoms with E-state index < -0.39 is 359 Å². The number of aliphatic hydroxyl groups is 21. The van der Waals surface area contributed by atoms with Gasteiger partial charge in [0.25, 0.3) is 0 Å². The van der Waals surface area contributed by atoms with Crippen molar-refractivity contribution in [1.29, 1.82) is 0 Å². The summed E-state index contributed by atoms with van der Waals surface area (Å²) in [4.78, 5) is 56.5. The molecule has 0 aromatic heterocycles. The van der Waals surface area contributed by atoms with Gasteiger partial charge >= 0.3 is 17.9 Å². The second-order valence-electron chi connectivity index (χ2n) is 38.9. The van der Waals surface area contributed by atoms with Gasteiger partial charge in [0.2, 0.25) is 6.29 Å². The van der Waals surface area contributed by atoms with Gasteiger partial charge in [0.05, 0.1) is 69.0 Å². The second-order valence-corrected chi connectivity index (χ2v) is 38.9. The zero-order chi connectivity index (χ0) is 92.6. The first-order valence-electron chi connectivity index (χ1n) is 43.6. The van der Waals surface area contributed by atoms with Crippen LogP contribution >= 0.6 is 0 Å². The van der Waals surface area contributed by atoms with E-state index in [1.165, 1.54) is 20.8 Å². The third-order valence-electron chi connectivity index (χ3n) is 30.5. The van der Waals surface area contributed by atoms with Crippen molar-refractivity contribution < 1.29 is 222 Å². The van der Waals surface area contributed by atoms with Gasteiger partial charge < -0.3 is 207 Å². The lowest BCUT2D eigenvalue weighted by molar-refractivity contribution is -0.392. The van der Waals surface area contributed by atoms with Crippen LogP contribution in [0.2, 0.25) is 0 Å². The second kappa shape index (κ2) is 38.1. The molecule has 0 unspecified atom stereocenters. The minimum absolute atomic E-state index is 0.0143. The topological polar surface area (TPSA) is 689 Å². The number of rotatable bonds is 22. The number of aliphatic carboxylic acids is 1. The summed E-state index contributed by atoms with van der Waals surface area (Å²) in [7, 11) is 0. The van der Waals surface area contributed by atoms with E-state index >= 15 is 4.79 Å². The minimum atomic E-state index is -2.26. The van der Waals surface area contributed by atoms with Crippen LogP contribution in [-0.4, -0.2) is 434 Å².